The van der Waals surface area contributed by atoms with Gasteiger partial charge in [-0.15, -0.1) is 0 Å². The van der Waals surface area contributed by atoms with Crippen LogP contribution in [-0.2, 0) is 9.59 Å². The smallest absolute Gasteiger partial charge is 0.324 e. The molecule has 1 saturated carbocycles. The highest BCUT2D eigenvalue weighted by Crippen LogP contribution is 2.42. The summed E-state index contributed by atoms with van der Waals surface area (Å²) in [4.78, 5) is 37.4. The summed E-state index contributed by atoms with van der Waals surface area (Å²) >= 11 is 5.84. The molecule has 1 heterocycles. The average Bonchev–Trinajstić information content (AvgIpc) is 3.25. The molecule has 0 spiro atoms. The van der Waals surface area contributed by atoms with Crippen molar-refractivity contribution in [3.63, 3.8) is 0 Å². The number of hydrogen-bond donors (Lipinski definition) is 2. The van der Waals surface area contributed by atoms with Crippen molar-refractivity contribution in [2.45, 2.75) is 25.3 Å². The predicted octanol–water partition coefficient (Wildman–Crippen LogP) is 2.00. The molecular formula is C15H16ClN3O3. The molecule has 1 aromatic rings. The second kappa shape index (κ2) is 5.28. The highest BCUT2D eigenvalue weighted by atomic mass is 35.5. The number of nitrogens with one attached hydrogen (secondary N) is 2. The minimum Gasteiger partial charge on any atom is -0.324 e. The molecule has 2 fully saturated rings. The maximum atomic E-state index is 12.4. The van der Waals surface area contributed by atoms with Crippen LogP contribution in [0.1, 0.15) is 19.8 Å². The molecule has 2 aliphatic rings. The van der Waals surface area contributed by atoms with E-state index in [1.807, 2.05) is 0 Å². The van der Waals surface area contributed by atoms with Gasteiger partial charge in [-0.2, -0.15) is 0 Å². The SMILES string of the molecule is CC1(C2CC2)NC(=O)N(CC(=O)Nc2cccc(Cl)c2)C1=O. The summed E-state index contributed by atoms with van der Waals surface area (Å²) in [6.07, 6.45) is 1.84. The molecule has 3 rings (SSSR count). The van der Waals surface area contributed by atoms with Crippen LogP contribution in [0.5, 0.6) is 0 Å². The standard InChI is InChI=1S/C15H16ClN3O3/c1-15(9-5-6-9)13(21)19(14(22)18-15)8-12(20)17-11-4-2-3-10(16)7-11/h2-4,7,9H,5-6,8H2,1H3,(H,17,20)(H,18,22). The van der Waals surface area contributed by atoms with Crippen molar-refractivity contribution in [3.05, 3.63) is 29.3 Å². The van der Waals surface area contributed by atoms with Gasteiger partial charge in [0.15, 0.2) is 0 Å². The third kappa shape index (κ3) is 2.66. The number of carbonyl (C=O) groups excluding carboxylic acids is 3. The number of amides is 4. The zero-order valence-electron chi connectivity index (χ0n) is 12.1. The minimum absolute atomic E-state index is 0.171. The van der Waals surface area contributed by atoms with Gasteiger partial charge in [0.05, 0.1) is 0 Å². The van der Waals surface area contributed by atoms with Crippen LogP contribution in [0.4, 0.5) is 10.5 Å². The fraction of sp³-hybridized carbons (Fsp3) is 0.400. The maximum Gasteiger partial charge on any atom is 0.325 e. The zero-order chi connectivity index (χ0) is 15.9. The molecule has 1 atom stereocenters. The largest absolute Gasteiger partial charge is 0.325 e. The normalized spacial score (nSPS) is 24.4. The number of urea groups is 1. The first-order chi connectivity index (χ1) is 10.4. The second-order valence-corrected chi connectivity index (χ2v) is 6.29. The molecule has 2 N–H and O–H groups in total. The van der Waals surface area contributed by atoms with E-state index in [1.165, 1.54) is 0 Å². The lowest BCUT2D eigenvalue weighted by atomic mass is 9.96. The van der Waals surface area contributed by atoms with Crippen LogP contribution in [0.3, 0.4) is 0 Å². The van der Waals surface area contributed by atoms with E-state index in [2.05, 4.69) is 10.6 Å². The Labute approximate surface area is 132 Å². The Balaban J connectivity index is 1.66. The zero-order valence-corrected chi connectivity index (χ0v) is 12.8. The van der Waals surface area contributed by atoms with Crippen LogP contribution in [0, 0.1) is 5.92 Å². The lowest BCUT2D eigenvalue weighted by molar-refractivity contribution is -0.134. The van der Waals surface area contributed by atoms with Crippen molar-refractivity contribution in [3.8, 4) is 0 Å². The third-order valence-electron chi connectivity index (χ3n) is 4.11. The van der Waals surface area contributed by atoms with Crippen LogP contribution in [-0.4, -0.2) is 34.8 Å². The lowest BCUT2D eigenvalue weighted by Gasteiger charge is -2.20. The third-order valence-corrected chi connectivity index (χ3v) is 4.34. The number of rotatable bonds is 4. The molecule has 1 unspecified atom stereocenters. The number of anilines is 1. The van der Waals surface area contributed by atoms with E-state index in [0.29, 0.717) is 10.7 Å². The van der Waals surface area contributed by atoms with E-state index in [9.17, 15) is 14.4 Å². The summed E-state index contributed by atoms with van der Waals surface area (Å²) in [6.45, 7) is 1.42. The molecule has 1 aromatic carbocycles. The molecule has 4 amide bonds. The molecule has 1 aliphatic heterocycles. The fourth-order valence-electron chi connectivity index (χ4n) is 2.71. The van der Waals surface area contributed by atoms with E-state index < -0.39 is 17.5 Å². The summed E-state index contributed by atoms with van der Waals surface area (Å²) in [5.74, 6) is -0.600. The Bertz CT molecular complexity index is 659. The molecule has 6 nitrogen and oxygen atoms in total. The van der Waals surface area contributed by atoms with Crippen molar-refractivity contribution in [1.82, 2.24) is 10.2 Å². The number of imide groups is 1. The van der Waals surface area contributed by atoms with Gasteiger partial charge in [0.2, 0.25) is 5.91 Å². The molecule has 1 aliphatic carbocycles. The maximum absolute atomic E-state index is 12.4. The van der Waals surface area contributed by atoms with Crippen LogP contribution >= 0.6 is 11.6 Å². The van der Waals surface area contributed by atoms with Crippen molar-refractivity contribution in [2.24, 2.45) is 5.92 Å². The van der Waals surface area contributed by atoms with Gasteiger partial charge >= 0.3 is 6.03 Å². The predicted molar refractivity (Wildman–Crippen MR) is 81.5 cm³/mol. The number of carbonyl (C=O) groups is 3. The van der Waals surface area contributed by atoms with Crippen LogP contribution < -0.4 is 10.6 Å². The first kappa shape index (κ1) is 14.8. The number of benzene rings is 1. The van der Waals surface area contributed by atoms with E-state index in [1.54, 1.807) is 31.2 Å². The summed E-state index contributed by atoms with van der Waals surface area (Å²) in [5, 5.41) is 5.83. The number of nitrogens with zero attached hydrogens (tertiary/aromatic N) is 1. The molecule has 0 radical (unpaired) electrons. The summed E-state index contributed by atoms with van der Waals surface area (Å²) in [5.41, 5.74) is -0.345. The van der Waals surface area contributed by atoms with Crippen molar-refractivity contribution >= 4 is 35.1 Å². The van der Waals surface area contributed by atoms with Gasteiger partial charge in [0.1, 0.15) is 12.1 Å². The van der Waals surface area contributed by atoms with Gasteiger partial charge in [-0.1, -0.05) is 17.7 Å². The highest BCUT2D eigenvalue weighted by molar-refractivity contribution is 6.30. The van der Waals surface area contributed by atoms with Crippen molar-refractivity contribution in [2.75, 3.05) is 11.9 Å². The molecular weight excluding hydrogens is 306 g/mol. The fourth-order valence-corrected chi connectivity index (χ4v) is 2.90. The van der Waals surface area contributed by atoms with E-state index in [-0.39, 0.29) is 18.4 Å². The monoisotopic (exact) mass is 321 g/mol. The van der Waals surface area contributed by atoms with Crippen LogP contribution in [0.15, 0.2) is 24.3 Å². The van der Waals surface area contributed by atoms with Gasteiger partial charge in [-0.3, -0.25) is 14.5 Å². The quantitative estimate of drug-likeness (QED) is 0.833. The number of halogens is 1. The Hall–Kier alpha value is -2.08. The Morgan fingerprint density at radius 1 is 1.45 bits per heavy atom. The topological polar surface area (TPSA) is 78.5 Å². The lowest BCUT2D eigenvalue weighted by Crippen LogP contribution is -2.46. The first-order valence-corrected chi connectivity index (χ1v) is 7.47. The van der Waals surface area contributed by atoms with E-state index in [0.717, 1.165) is 17.7 Å². The van der Waals surface area contributed by atoms with Gasteiger partial charge in [0, 0.05) is 10.7 Å². The molecule has 0 aromatic heterocycles. The Morgan fingerprint density at radius 2 is 2.18 bits per heavy atom. The molecule has 22 heavy (non-hydrogen) atoms. The minimum atomic E-state index is -0.868. The first-order valence-electron chi connectivity index (χ1n) is 7.09. The van der Waals surface area contributed by atoms with Gasteiger partial charge in [0.25, 0.3) is 5.91 Å². The van der Waals surface area contributed by atoms with Gasteiger partial charge in [-0.25, -0.2) is 4.79 Å². The Kier molecular flexibility index (Phi) is 3.56. The van der Waals surface area contributed by atoms with Crippen LogP contribution in [0.2, 0.25) is 5.02 Å². The highest BCUT2D eigenvalue weighted by Gasteiger charge is 2.56. The molecule has 7 heteroatoms. The molecule has 0 bridgehead atoms. The van der Waals surface area contributed by atoms with E-state index >= 15 is 0 Å². The van der Waals surface area contributed by atoms with Gasteiger partial charge < -0.3 is 10.6 Å². The molecule has 116 valence electrons. The summed E-state index contributed by atoms with van der Waals surface area (Å²) in [7, 11) is 0. The molecule has 1 saturated heterocycles. The van der Waals surface area contributed by atoms with Crippen LogP contribution in [0.25, 0.3) is 0 Å². The van der Waals surface area contributed by atoms with Crippen molar-refractivity contribution < 1.29 is 14.4 Å². The van der Waals surface area contributed by atoms with Gasteiger partial charge in [-0.05, 0) is 43.9 Å². The summed E-state index contributed by atoms with van der Waals surface area (Å²) < 4.78 is 0. The van der Waals surface area contributed by atoms with E-state index in [4.69, 9.17) is 11.6 Å². The average molecular weight is 322 g/mol. The Morgan fingerprint density at radius 3 is 2.82 bits per heavy atom. The second-order valence-electron chi connectivity index (χ2n) is 5.86. The van der Waals surface area contributed by atoms with Crippen molar-refractivity contribution in [1.29, 1.82) is 0 Å². The number of hydrogen-bond acceptors (Lipinski definition) is 3. The summed E-state index contributed by atoms with van der Waals surface area (Å²) in [6, 6.07) is 6.16.